The molecule has 0 bridgehead atoms. The van der Waals surface area contributed by atoms with Crippen LogP contribution in [0.25, 0.3) is 88.0 Å². The summed E-state index contributed by atoms with van der Waals surface area (Å²) in [7, 11) is 0. The van der Waals surface area contributed by atoms with Crippen LogP contribution in [-0.4, -0.2) is 0 Å². The van der Waals surface area contributed by atoms with E-state index in [1.54, 1.807) is 0 Å². The second kappa shape index (κ2) is 12.1. The van der Waals surface area contributed by atoms with Crippen LogP contribution in [0.5, 0.6) is 0 Å². The summed E-state index contributed by atoms with van der Waals surface area (Å²) in [5, 5.41) is 7.83. The summed E-state index contributed by atoms with van der Waals surface area (Å²) in [6.45, 7) is 2.23. The molecule has 0 aliphatic rings. The zero-order chi connectivity index (χ0) is 32.7. The zero-order valence-electron chi connectivity index (χ0n) is 27.4. The smallest absolute Gasteiger partial charge is 0.00928 e. The summed E-state index contributed by atoms with van der Waals surface area (Å²) < 4.78 is 0. The Balaban J connectivity index is 1.04. The van der Waals surface area contributed by atoms with Gasteiger partial charge in [0.05, 0.1) is 0 Å². The monoisotopic (exact) mass is 622 g/mol. The highest BCUT2D eigenvalue weighted by Gasteiger charge is 2.12. The maximum absolute atomic E-state index is 2.38. The van der Waals surface area contributed by atoms with E-state index in [0.717, 1.165) is 0 Å². The van der Waals surface area contributed by atoms with Crippen molar-refractivity contribution in [1.29, 1.82) is 0 Å². The van der Waals surface area contributed by atoms with Crippen LogP contribution in [-0.2, 0) is 0 Å². The molecule has 0 aromatic heterocycles. The molecular formula is C49H34. The molecule has 0 radical (unpaired) electrons. The quantitative estimate of drug-likeness (QED) is 0.168. The van der Waals surface area contributed by atoms with Gasteiger partial charge < -0.3 is 0 Å². The van der Waals surface area contributed by atoms with E-state index in [-0.39, 0.29) is 0 Å². The van der Waals surface area contributed by atoms with Crippen molar-refractivity contribution in [1.82, 2.24) is 0 Å². The summed E-state index contributed by atoms with van der Waals surface area (Å²) in [5.41, 5.74) is 13.6. The van der Waals surface area contributed by atoms with E-state index in [1.807, 2.05) is 0 Å². The van der Waals surface area contributed by atoms with Gasteiger partial charge in [0.25, 0.3) is 0 Å². The van der Waals surface area contributed by atoms with Crippen LogP contribution in [0.4, 0.5) is 0 Å². The van der Waals surface area contributed by atoms with Gasteiger partial charge in [-0.25, -0.2) is 0 Å². The molecule has 49 heavy (non-hydrogen) atoms. The van der Waals surface area contributed by atoms with E-state index < -0.39 is 0 Å². The lowest BCUT2D eigenvalue weighted by Crippen LogP contribution is -1.88. The van der Waals surface area contributed by atoms with E-state index in [9.17, 15) is 0 Å². The average Bonchev–Trinajstić information content (AvgIpc) is 3.18. The van der Waals surface area contributed by atoms with Gasteiger partial charge in [-0.1, -0.05) is 170 Å². The maximum atomic E-state index is 2.38. The molecule has 9 aromatic rings. The third kappa shape index (κ3) is 5.29. The minimum Gasteiger partial charge on any atom is -0.0622 e. The lowest BCUT2D eigenvalue weighted by molar-refractivity contribution is 1.46. The Morgan fingerprint density at radius 1 is 0.224 bits per heavy atom. The third-order valence-corrected chi connectivity index (χ3v) is 10.00. The Kier molecular flexibility index (Phi) is 7.14. The molecule has 0 atom stereocenters. The summed E-state index contributed by atoms with van der Waals surface area (Å²) >= 11 is 0. The topological polar surface area (TPSA) is 0 Å². The van der Waals surface area contributed by atoms with Crippen molar-refractivity contribution in [2.75, 3.05) is 0 Å². The zero-order valence-corrected chi connectivity index (χ0v) is 27.4. The number of fused-ring (bicyclic) bond motifs is 6. The van der Waals surface area contributed by atoms with Crippen molar-refractivity contribution in [3.05, 3.63) is 194 Å². The molecule has 9 aromatic carbocycles. The summed E-state index contributed by atoms with van der Waals surface area (Å²) in [5.74, 6) is 0. The van der Waals surface area contributed by atoms with Crippen LogP contribution < -0.4 is 0 Å². The van der Waals surface area contributed by atoms with E-state index >= 15 is 0 Å². The van der Waals surface area contributed by atoms with Crippen LogP contribution >= 0.6 is 0 Å². The number of hydrogen-bond acceptors (Lipinski definition) is 0. The van der Waals surface area contributed by atoms with Crippen molar-refractivity contribution in [3.8, 4) is 55.6 Å². The minimum absolute atomic E-state index is 1.22. The molecule has 0 saturated heterocycles. The van der Waals surface area contributed by atoms with Crippen LogP contribution in [0, 0.1) is 6.92 Å². The minimum atomic E-state index is 1.22. The van der Waals surface area contributed by atoms with Crippen LogP contribution in [0.2, 0.25) is 0 Å². The first kappa shape index (κ1) is 28.9. The largest absolute Gasteiger partial charge is 0.0622 e. The fourth-order valence-corrected chi connectivity index (χ4v) is 7.48. The molecule has 0 aliphatic carbocycles. The van der Waals surface area contributed by atoms with Gasteiger partial charge in [0.1, 0.15) is 0 Å². The van der Waals surface area contributed by atoms with Gasteiger partial charge in [-0.2, -0.15) is 0 Å². The molecule has 0 aliphatic heterocycles. The highest BCUT2D eigenvalue weighted by Crippen LogP contribution is 2.38. The van der Waals surface area contributed by atoms with Crippen molar-refractivity contribution >= 4 is 32.3 Å². The van der Waals surface area contributed by atoms with E-state index in [4.69, 9.17) is 0 Å². The standard InChI is InChI=1S/C49H34/c1-33-29-41(25-27-43(33)42-26-28-48-46-19-6-5-17-44(46)45-18-7-8-20-47(45)49(48)32-42)40-16-10-15-39(31-40)38-14-9-13-37(30-38)36-23-21-35(22-24-36)34-11-3-2-4-12-34/h2-32H,1H3. The van der Waals surface area contributed by atoms with Crippen molar-refractivity contribution in [2.45, 2.75) is 6.92 Å². The highest BCUT2D eigenvalue weighted by atomic mass is 14.2. The van der Waals surface area contributed by atoms with Gasteiger partial charge >= 0.3 is 0 Å². The Labute approximate surface area is 287 Å². The molecule has 0 unspecified atom stereocenters. The van der Waals surface area contributed by atoms with Crippen molar-refractivity contribution in [3.63, 3.8) is 0 Å². The van der Waals surface area contributed by atoms with Gasteiger partial charge in [-0.05, 0) is 119 Å². The van der Waals surface area contributed by atoms with Gasteiger partial charge in [-0.15, -0.1) is 0 Å². The molecular weight excluding hydrogens is 589 g/mol. The number of benzene rings is 9. The lowest BCUT2D eigenvalue weighted by Gasteiger charge is -2.14. The van der Waals surface area contributed by atoms with Gasteiger partial charge in [-0.3, -0.25) is 0 Å². The Hall–Kier alpha value is -6.24. The van der Waals surface area contributed by atoms with E-state index in [1.165, 1.54) is 93.5 Å². The Morgan fingerprint density at radius 3 is 1.14 bits per heavy atom. The molecule has 0 spiro atoms. The second-order valence-electron chi connectivity index (χ2n) is 13.0. The first-order valence-electron chi connectivity index (χ1n) is 17.0. The SMILES string of the molecule is Cc1cc(-c2cccc(-c3cccc(-c4ccc(-c5ccccc5)cc4)c3)c2)ccc1-c1ccc2c3ccccc3c3ccccc3c2c1. The molecule has 0 fully saturated rings. The third-order valence-electron chi connectivity index (χ3n) is 10.00. The lowest BCUT2D eigenvalue weighted by atomic mass is 9.90. The molecule has 9 rings (SSSR count). The average molecular weight is 623 g/mol. The van der Waals surface area contributed by atoms with Crippen molar-refractivity contribution < 1.29 is 0 Å². The van der Waals surface area contributed by atoms with Crippen LogP contribution in [0.1, 0.15) is 5.56 Å². The molecule has 0 nitrogen and oxygen atoms in total. The Bertz CT molecular complexity index is 2610. The summed E-state index contributed by atoms with van der Waals surface area (Å²) in [4.78, 5) is 0. The first-order chi connectivity index (χ1) is 24.2. The summed E-state index contributed by atoms with van der Waals surface area (Å²) in [6, 6.07) is 68.7. The molecule has 0 heteroatoms. The number of hydrogen-bond donors (Lipinski definition) is 0. The Morgan fingerprint density at radius 2 is 0.592 bits per heavy atom. The molecule has 0 N–H and O–H groups in total. The summed E-state index contributed by atoms with van der Waals surface area (Å²) in [6.07, 6.45) is 0. The van der Waals surface area contributed by atoms with Crippen LogP contribution in [0.15, 0.2) is 188 Å². The highest BCUT2D eigenvalue weighted by molar-refractivity contribution is 6.25. The molecule has 0 amide bonds. The maximum Gasteiger partial charge on any atom is -0.00928 e. The van der Waals surface area contributed by atoms with Crippen LogP contribution in [0.3, 0.4) is 0 Å². The fourth-order valence-electron chi connectivity index (χ4n) is 7.48. The predicted octanol–water partition coefficient (Wildman–Crippen LogP) is 13.8. The van der Waals surface area contributed by atoms with Gasteiger partial charge in [0.2, 0.25) is 0 Å². The molecule has 0 heterocycles. The first-order valence-corrected chi connectivity index (χ1v) is 17.0. The van der Waals surface area contributed by atoms with E-state index in [2.05, 4.69) is 195 Å². The normalized spacial score (nSPS) is 11.4. The number of rotatable bonds is 5. The predicted molar refractivity (Wildman–Crippen MR) is 211 cm³/mol. The van der Waals surface area contributed by atoms with Gasteiger partial charge in [0.15, 0.2) is 0 Å². The molecule has 230 valence electrons. The number of aryl methyl sites for hydroxylation is 1. The molecule has 0 saturated carbocycles. The fraction of sp³-hybridized carbons (Fsp3) is 0.0204. The second-order valence-corrected chi connectivity index (χ2v) is 13.0. The van der Waals surface area contributed by atoms with E-state index in [0.29, 0.717) is 0 Å². The van der Waals surface area contributed by atoms with Crippen molar-refractivity contribution in [2.24, 2.45) is 0 Å². The van der Waals surface area contributed by atoms with Gasteiger partial charge in [0, 0.05) is 0 Å².